The number of nitrogens with zero attached hydrogens (tertiary/aromatic N) is 1. The van der Waals surface area contributed by atoms with Crippen LogP contribution in [0, 0.1) is 13.8 Å². The maximum atomic E-state index is 6.49. The molecule has 19 heavy (non-hydrogen) atoms. The molecule has 106 valence electrons. The molecule has 1 aliphatic heterocycles. The molecule has 0 amide bonds. The summed E-state index contributed by atoms with van der Waals surface area (Å²) in [5, 5.41) is 0. The maximum Gasteiger partial charge on any atom is 0.0499 e. The molecule has 1 aromatic rings. The molecule has 2 N–H and O–H groups in total. The maximum absolute atomic E-state index is 6.49. The number of likely N-dealkylation sites (tertiary alicyclic amines) is 1. The van der Waals surface area contributed by atoms with E-state index in [0.29, 0.717) is 6.04 Å². The first-order chi connectivity index (χ1) is 9.11. The lowest BCUT2D eigenvalue weighted by Gasteiger charge is -2.34. The highest BCUT2D eigenvalue weighted by Gasteiger charge is 2.28. The third-order valence-corrected chi connectivity index (χ3v) is 4.13. The van der Waals surface area contributed by atoms with Crippen molar-refractivity contribution in [1.29, 1.82) is 0 Å². The van der Waals surface area contributed by atoms with Crippen LogP contribution in [-0.4, -0.2) is 24.0 Å². The van der Waals surface area contributed by atoms with E-state index in [4.69, 9.17) is 5.73 Å². The Labute approximate surface area is 118 Å². The number of nitrogens with two attached hydrogens (primary N) is 1. The van der Waals surface area contributed by atoms with E-state index in [9.17, 15) is 0 Å². The Hall–Kier alpha value is -0.860. The van der Waals surface area contributed by atoms with Crippen LogP contribution in [0.5, 0.6) is 0 Å². The van der Waals surface area contributed by atoms with Gasteiger partial charge in [0.15, 0.2) is 0 Å². The molecule has 0 bridgehead atoms. The molecule has 2 unspecified atom stereocenters. The van der Waals surface area contributed by atoms with E-state index >= 15 is 0 Å². The van der Waals surface area contributed by atoms with Gasteiger partial charge < -0.3 is 5.73 Å². The highest BCUT2D eigenvalue weighted by Crippen LogP contribution is 2.30. The third kappa shape index (κ3) is 3.58. The van der Waals surface area contributed by atoms with E-state index in [1.165, 1.54) is 42.5 Å². The summed E-state index contributed by atoms with van der Waals surface area (Å²) in [4.78, 5) is 2.60. The minimum Gasteiger partial charge on any atom is -0.326 e. The van der Waals surface area contributed by atoms with Gasteiger partial charge in [0, 0.05) is 12.1 Å². The minimum absolute atomic E-state index is 0.273. The molecule has 1 aromatic carbocycles. The smallest absolute Gasteiger partial charge is 0.0499 e. The Morgan fingerprint density at radius 2 is 1.84 bits per heavy atom. The fraction of sp³-hybridized carbons (Fsp3) is 0.647. The van der Waals surface area contributed by atoms with Crippen LogP contribution in [0.1, 0.15) is 55.3 Å². The molecule has 2 rings (SSSR count). The average Bonchev–Trinajstić information content (AvgIpc) is 2.50. The van der Waals surface area contributed by atoms with Crippen molar-refractivity contribution in [1.82, 2.24) is 4.90 Å². The molecule has 1 saturated heterocycles. The molecule has 1 fully saturated rings. The molecule has 1 heterocycles. The van der Waals surface area contributed by atoms with Crippen LogP contribution in [0.4, 0.5) is 0 Å². The lowest BCUT2D eigenvalue weighted by Crippen LogP contribution is -2.40. The molecule has 2 heteroatoms. The van der Waals surface area contributed by atoms with Gasteiger partial charge in [-0.1, -0.05) is 42.7 Å². The molecule has 0 aliphatic carbocycles. The van der Waals surface area contributed by atoms with Gasteiger partial charge in [-0.3, -0.25) is 4.90 Å². The zero-order valence-electron chi connectivity index (χ0n) is 12.7. The molecule has 0 saturated carbocycles. The SMILES string of the molecule is CCCN1CCCCC(N)C1c1cc(C)cc(C)c1. The predicted octanol–water partition coefficient (Wildman–Crippen LogP) is 3.57. The standard InChI is InChI=1S/C17H28N2/c1-4-8-19-9-6-5-7-16(18)17(19)15-11-13(2)10-14(3)12-15/h10-12,16-17H,4-9,18H2,1-3H3. The fourth-order valence-electron chi connectivity index (χ4n) is 3.44. The van der Waals surface area contributed by atoms with Crippen LogP contribution in [0.3, 0.4) is 0 Å². The number of hydrogen-bond acceptors (Lipinski definition) is 2. The molecule has 1 aliphatic rings. The van der Waals surface area contributed by atoms with Crippen molar-refractivity contribution in [3.63, 3.8) is 0 Å². The quantitative estimate of drug-likeness (QED) is 0.900. The van der Waals surface area contributed by atoms with E-state index in [1.807, 2.05) is 0 Å². The molecular weight excluding hydrogens is 232 g/mol. The summed E-state index contributed by atoms with van der Waals surface area (Å²) in [5.41, 5.74) is 10.6. The van der Waals surface area contributed by atoms with Gasteiger partial charge in [0.05, 0.1) is 0 Å². The van der Waals surface area contributed by atoms with Gasteiger partial charge in [0.1, 0.15) is 0 Å². The number of rotatable bonds is 3. The molecule has 0 spiro atoms. The topological polar surface area (TPSA) is 29.3 Å². The van der Waals surface area contributed by atoms with Gasteiger partial charge in [0.25, 0.3) is 0 Å². The first-order valence-electron chi connectivity index (χ1n) is 7.69. The van der Waals surface area contributed by atoms with Crippen molar-refractivity contribution in [2.75, 3.05) is 13.1 Å². The van der Waals surface area contributed by atoms with Crippen LogP contribution < -0.4 is 5.73 Å². The Kier molecular flexibility index (Phi) is 5.00. The van der Waals surface area contributed by atoms with Crippen molar-refractivity contribution in [2.45, 2.75) is 58.5 Å². The summed E-state index contributed by atoms with van der Waals surface area (Å²) in [6.45, 7) is 8.98. The van der Waals surface area contributed by atoms with Gasteiger partial charge in [-0.05, 0) is 51.8 Å². The summed E-state index contributed by atoms with van der Waals surface area (Å²) in [7, 11) is 0. The monoisotopic (exact) mass is 260 g/mol. The van der Waals surface area contributed by atoms with E-state index in [0.717, 1.165) is 13.0 Å². The first-order valence-corrected chi connectivity index (χ1v) is 7.69. The van der Waals surface area contributed by atoms with Gasteiger partial charge in [-0.15, -0.1) is 0 Å². The van der Waals surface area contributed by atoms with Gasteiger partial charge in [-0.2, -0.15) is 0 Å². The molecule has 0 aromatic heterocycles. The largest absolute Gasteiger partial charge is 0.326 e. The highest BCUT2D eigenvalue weighted by atomic mass is 15.2. The van der Waals surface area contributed by atoms with Crippen LogP contribution in [0.15, 0.2) is 18.2 Å². The van der Waals surface area contributed by atoms with Crippen LogP contribution >= 0.6 is 0 Å². The highest BCUT2D eigenvalue weighted by molar-refractivity contribution is 5.31. The molecular formula is C17H28N2. The normalized spacial score (nSPS) is 25.3. The predicted molar refractivity (Wildman–Crippen MR) is 82.3 cm³/mol. The molecule has 2 atom stereocenters. The Bertz CT molecular complexity index is 393. The van der Waals surface area contributed by atoms with Gasteiger partial charge >= 0.3 is 0 Å². The van der Waals surface area contributed by atoms with Crippen molar-refractivity contribution >= 4 is 0 Å². The molecule has 0 radical (unpaired) electrons. The zero-order valence-corrected chi connectivity index (χ0v) is 12.7. The van der Waals surface area contributed by atoms with E-state index in [-0.39, 0.29) is 6.04 Å². The van der Waals surface area contributed by atoms with Crippen molar-refractivity contribution in [3.8, 4) is 0 Å². The number of hydrogen-bond donors (Lipinski definition) is 1. The number of benzene rings is 1. The van der Waals surface area contributed by atoms with Crippen molar-refractivity contribution < 1.29 is 0 Å². The van der Waals surface area contributed by atoms with Crippen molar-refractivity contribution in [2.24, 2.45) is 5.73 Å². The summed E-state index contributed by atoms with van der Waals surface area (Å²) >= 11 is 0. The average molecular weight is 260 g/mol. The lowest BCUT2D eigenvalue weighted by molar-refractivity contribution is 0.185. The first kappa shape index (κ1) is 14.5. The van der Waals surface area contributed by atoms with Gasteiger partial charge in [-0.25, -0.2) is 0 Å². The van der Waals surface area contributed by atoms with E-state index < -0.39 is 0 Å². The summed E-state index contributed by atoms with van der Waals surface area (Å²) < 4.78 is 0. The fourth-order valence-corrected chi connectivity index (χ4v) is 3.44. The van der Waals surface area contributed by atoms with E-state index in [1.54, 1.807) is 0 Å². The van der Waals surface area contributed by atoms with Crippen LogP contribution in [-0.2, 0) is 0 Å². The summed E-state index contributed by atoms with van der Waals surface area (Å²) in [5.74, 6) is 0. The van der Waals surface area contributed by atoms with Crippen LogP contribution in [0.25, 0.3) is 0 Å². The summed E-state index contributed by atoms with van der Waals surface area (Å²) in [6, 6.07) is 7.57. The zero-order chi connectivity index (χ0) is 13.8. The Morgan fingerprint density at radius 1 is 1.16 bits per heavy atom. The van der Waals surface area contributed by atoms with E-state index in [2.05, 4.69) is 43.9 Å². The van der Waals surface area contributed by atoms with Crippen LogP contribution in [0.2, 0.25) is 0 Å². The second-order valence-corrected chi connectivity index (χ2v) is 6.06. The molecule has 2 nitrogen and oxygen atoms in total. The van der Waals surface area contributed by atoms with Gasteiger partial charge in [0.2, 0.25) is 0 Å². The van der Waals surface area contributed by atoms with Crippen molar-refractivity contribution in [3.05, 3.63) is 34.9 Å². The second-order valence-electron chi connectivity index (χ2n) is 6.06. The number of aryl methyl sites for hydroxylation is 2. The lowest BCUT2D eigenvalue weighted by atomic mass is 9.93. The third-order valence-electron chi connectivity index (χ3n) is 4.13. The Balaban J connectivity index is 2.33. The Morgan fingerprint density at radius 3 is 2.47 bits per heavy atom. The summed E-state index contributed by atoms with van der Waals surface area (Å²) in [6.07, 6.45) is 4.91. The second kappa shape index (κ2) is 6.53. The minimum atomic E-state index is 0.273.